The molecule has 0 saturated heterocycles. The second kappa shape index (κ2) is 5.59. The lowest BCUT2D eigenvalue weighted by Gasteiger charge is -2.43. The number of hydrogen-bond donors (Lipinski definition) is 3. The number of aliphatic hydroxyl groups is 1. The lowest BCUT2D eigenvalue weighted by molar-refractivity contribution is -0.126. The number of carbonyl (C=O) groups excluding carboxylic acids is 1. The van der Waals surface area contributed by atoms with Crippen LogP contribution in [0.4, 0.5) is 0 Å². The average Bonchev–Trinajstić information content (AvgIpc) is 2.41. The number of hydrogen-bond acceptors (Lipinski definition) is 4. The van der Waals surface area contributed by atoms with E-state index in [1.165, 1.54) is 0 Å². The normalized spacial score (nSPS) is 18.3. The number of carbonyl (C=O) groups is 1. The number of benzene rings is 1. The van der Waals surface area contributed by atoms with Gasteiger partial charge < -0.3 is 20.9 Å². The third-order valence-corrected chi connectivity index (χ3v) is 3.75. The molecule has 104 valence electrons. The van der Waals surface area contributed by atoms with E-state index >= 15 is 0 Å². The summed E-state index contributed by atoms with van der Waals surface area (Å²) < 4.78 is 5.13. The van der Waals surface area contributed by atoms with Crippen molar-refractivity contribution >= 4 is 5.91 Å². The van der Waals surface area contributed by atoms with Gasteiger partial charge in [0, 0.05) is 0 Å². The third kappa shape index (κ3) is 2.72. The largest absolute Gasteiger partial charge is 0.497 e. The van der Waals surface area contributed by atoms with Crippen LogP contribution in [0.2, 0.25) is 0 Å². The molecule has 5 nitrogen and oxygen atoms in total. The summed E-state index contributed by atoms with van der Waals surface area (Å²) >= 11 is 0. The van der Waals surface area contributed by atoms with Crippen molar-refractivity contribution in [1.29, 1.82) is 0 Å². The lowest BCUT2D eigenvalue weighted by atomic mass is 9.71. The van der Waals surface area contributed by atoms with Crippen LogP contribution in [0, 0.1) is 0 Å². The summed E-state index contributed by atoms with van der Waals surface area (Å²) in [7, 11) is 1.62. The number of aliphatic hydroxyl groups excluding tert-OH is 1. The summed E-state index contributed by atoms with van der Waals surface area (Å²) in [5.41, 5.74) is 6.26. The van der Waals surface area contributed by atoms with E-state index in [-0.39, 0.29) is 18.1 Å². The Balaban J connectivity index is 2.15. The quantitative estimate of drug-likeness (QED) is 0.723. The van der Waals surface area contributed by atoms with Crippen LogP contribution in [0.25, 0.3) is 0 Å². The summed E-state index contributed by atoms with van der Waals surface area (Å²) in [6.07, 6.45) is 2.85. The molecule has 0 spiro atoms. The highest BCUT2D eigenvalue weighted by molar-refractivity contribution is 5.82. The van der Waals surface area contributed by atoms with Gasteiger partial charge in [-0.2, -0.15) is 0 Å². The van der Waals surface area contributed by atoms with Crippen LogP contribution in [-0.4, -0.2) is 30.8 Å². The first-order valence-electron chi connectivity index (χ1n) is 6.44. The molecule has 1 amide bonds. The monoisotopic (exact) mass is 264 g/mol. The van der Waals surface area contributed by atoms with Crippen LogP contribution in [0.15, 0.2) is 24.3 Å². The maximum Gasteiger partial charge on any atom is 0.239 e. The van der Waals surface area contributed by atoms with Gasteiger partial charge in [-0.3, -0.25) is 4.79 Å². The van der Waals surface area contributed by atoms with Crippen LogP contribution >= 0.6 is 0 Å². The van der Waals surface area contributed by atoms with Gasteiger partial charge in [0.05, 0.1) is 19.3 Å². The van der Waals surface area contributed by atoms with Gasteiger partial charge in [0.15, 0.2) is 0 Å². The molecule has 19 heavy (non-hydrogen) atoms. The van der Waals surface area contributed by atoms with E-state index in [9.17, 15) is 4.79 Å². The number of nitrogens with two attached hydrogens (primary N) is 1. The average molecular weight is 264 g/mol. The van der Waals surface area contributed by atoms with E-state index in [4.69, 9.17) is 15.6 Å². The zero-order chi connectivity index (χ0) is 13.9. The molecule has 1 aromatic rings. The van der Waals surface area contributed by atoms with Crippen molar-refractivity contribution in [1.82, 2.24) is 5.32 Å². The predicted molar refractivity (Wildman–Crippen MR) is 71.7 cm³/mol. The highest BCUT2D eigenvalue weighted by Crippen LogP contribution is 2.41. The van der Waals surface area contributed by atoms with Crippen molar-refractivity contribution in [2.45, 2.75) is 30.8 Å². The minimum absolute atomic E-state index is 0.307. The van der Waals surface area contributed by atoms with E-state index < -0.39 is 6.04 Å². The molecule has 1 fully saturated rings. The van der Waals surface area contributed by atoms with Crippen LogP contribution in [0.1, 0.15) is 24.8 Å². The Labute approximate surface area is 112 Å². The van der Waals surface area contributed by atoms with E-state index in [1.807, 2.05) is 24.3 Å². The first-order chi connectivity index (χ1) is 9.11. The molecule has 1 atom stereocenters. The second-order valence-electron chi connectivity index (χ2n) is 4.94. The zero-order valence-corrected chi connectivity index (χ0v) is 11.1. The summed E-state index contributed by atoms with van der Waals surface area (Å²) in [4.78, 5) is 11.9. The minimum Gasteiger partial charge on any atom is -0.497 e. The lowest BCUT2D eigenvalue weighted by Crippen LogP contribution is -2.56. The van der Waals surface area contributed by atoms with Crippen LogP contribution < -0.4 is 15.8 Å². The molecule has 0 aromatic heterocycles. The van der Waals surface area contributed by atoms with Gasteiger partial charge in [0.25, 0.3) is 0 Å². The highest BCUT2D eigenvalue weighted by atomic mass is 16.5. The van der Waals surface area contributed by atoms with Gasteiger partial charge in [-0.05, 0) is 37.0 Å². The van der Waals surface area contributed by atoms with Crippen LogP contribution in [-0.2, 0) is 10.3 Å². The first-order valence-corrected chi connectivity index (χ1v) is 6.44. The fourth-order valence-corrected chi connectivity index (χ4v) is 2.34. The van der Waals surface area contributed by atoms with Crippen molar-refractivity contribution in [3.05, 3.63) is 29.8 Å². The third-order valence-electron chi connectivity index (χ3n) is 3.75. The van der Waals surface area contributed by atoms with E-state index in [0.717, 1.165) is 30.6 Å². The first kappa shape index (κ1) is 13.8. The Morgan fingerprint density at radius 2 is 2.11 bits per heavy atom. The molecule has 0 radical (unpaired) electrons. The topological polar surface area (TPSA) is 84.6 Å². The number of methoxy groups -OCH3 is 1. The summed E-state index contributed by atoms with van der Waals surface area (Å²) in [6, 6.07) is 6.82. The smallest absolute Gasteiger partial charge is 0.239 e. The molecule has 4 N–H and O–H groups in total. The van der Waals surface area contributed by atoms with Crippen molar-refractivity contribution < 1.29 is 14.6 Å². The van der Waals surface area contributed by atoms with Crippen molar-refractivity contribution in [2.75, 3.05) is 13.7 Å². The molecule has 5 heteroatoms. The van der Waals surface area contributed by atoms with Crippen LogP contribution in [0.5, 0.6) is 5.75 Å². The summed E-state index contributed by atoms with van der Waals surface area (Å²) in [5, 5.41) is 11.9. The molecule has 1 aliphatic carbocycles. The molecule has 1 aliphatic rings. The molecule has 2 rings (SSSR count). The maximum atomic E-state index is 11.9. The standard InChI is InChI=1S/C14H20N2O3/c1-19-11-5-3-10(4-6-11)14(7-2-8-14)16-13(18)12(15)9-17/h3-6,12,17H,2,7-9,15H2,1H3,(H,16,18). The SMILES string of the molecule is COc1ccc(C2(NC(=O)C(N)CO)CCC2)cc1. The second-order valence-corrected chi connectivity index (χ2v) is 4.94. The molecule has 1 saturated carbocycles. The van der Waals surface area contributed by atoms with Gasteiger partial charge in [-0.1, -0.05) is 12.1 Å². The van der Waals surface area contributed by atoms with E-state index in [0.29, 0.717) is 0 Å². The van der Waals surface area contributed by atoms with E-state index in [1.54, 1.807) is 7.11 Å². The van der Waals surface area contributed by atoms with Crippen molar-refractivity contribution in [2.24, 2.45) is 5.73 Å². The van der Waals surface area contributed by atoms with Crippen LogP contribution in [0.3, 0.4) is 0 Å². The Morgan fingerprint density at radius 1 is 1.47 bits per heavy atom. The molecule has 0 aliphatic heterocycles. The molecular formula is C14H20N2O3. The fraction of sp³-hybridized carbons (Fsp3) is 0.500. The van der Waals surface area contributed by atoms with Gasteiger partial charge in [-0.15, -0.1) is 0 Å². The highest BCUT2D eigenvalue weighted by Gasteiger charge is 2.40. The minimum atomic E-state index is -0.865. The number of ether oxygens (including phenoxy) is 1. The molecule has 0 heterocycles. The predicted octanol–water partition coefficient (Wildman–Crippen LogP) is 0.510. The Hall–Kier alpha value is -1.59. The van der Waals surface area contributed by atoms with E-state index in [2.05, 4.69) is 5.32 Å². The summed E-state index contributed by atoms with van der Waals surface area (Å²) in [6.45, 7) is -0.343. The zero-order valence-electron chi connectivity index (χ0n) is 11.1. The van der Waals surface area contributed by atoms with Crippen molar-refractivity contribution in [3.8, 4) is 5.75 Å². The Morgan fingerprint density at radius 3 is 2.53 bits per heavy atom. The Bertz CT molecular complexity index is 441. The maximum absolute atomic E-state index is 11.9. The number of rotatable bonds is 5. The number of nitrogens with one attached hydrogen (secondary N) is 1. The van der Waals surface area contributed by atoms with Gasteiger partial charge >= 0.3 is 0 Å². The molecule has 0 bridgehead atoms. The summed E-state index contributed by atoms with van der Waals surface area (Å²) in [5.74, 6) is 0.481. The molecular weight excluding hydrogens is 244 g/mol. The molecule has 1 unspecified atom stereocenters. The molecule has 1 aromatic carbocycles. The fourth-order valence-electron chi connectivity index (χ4n) is 2.34. The van der Waals surface area contributed by atoms with Gasteiger partial charge in [-0.25, -0.2) is 0 Å². The van der Waals surface area contributed by atoms with Gasteiger partial charge in [0.1, 0.15) is 11.8 Å². The number of amides is 1. The van der Waals surface area contributed by atoms with Crippen molar-refractivity contribution in [3.63, 3.8) is 0 Å². The van der Waals surface area contributed by atoms with Gasteiger partial charge in [0.2, 0.25) is 5.91 Å². The Kier molecular flexibility index (Phi) is 4.07.